The molecule has 26 heavy (non-hydrogen) atoms. The second kappa shape index (κ2) is 6.61. The van der Waals surface area contributed by atoms with Crippen molar-refractivity contribution in [2.24, 2.45) is 0 Å². The minimum atomic E-state index is -4.47. The average molecular weight is 360 g/mol. The zero-order valence-electron chi connectivity index (χ0n) is 14.5. The highest BCUT2D eigenvalue weighted by atomic mass is 19.4. The minimum Gasteiger partial charge on any atom is -0.377 e. The Morgan fingerprint density at radius 2 is 1.77 bits per heavy atom. The van der Waals surface area contributed by atoms with E-state index >= 15 is 0 Å². The first-order valence-electron chi connectivity index (χ1n) is 8.16. The number of rotatable bonds is 4. The third-order valence-electron chi connectivity index (χ3n) is 4.44. The van der Waals surface area contributed by atoms with Crippen molar-refractivity contribution in [2.45, 2.75) is 32.2 Å². The van der Waals surface area contributed by atoms with Crippen LogP contribution in [-0.2, 0) is 18.3 Å². The maximum atomic E-state index is 13.1. The number of aliphatic hydroxyl groups is 1. The van der Waals surface area contributed by atoms with Crippen molar-refractivity contribution in [3.8, 4) is 0 Å². The van der Waals surface area contributed by atoms with Crippen molar-refractivity contribution in [1.82, 2.24) is 9.55 Å². The lowest BCUT2D eigenvalue weighted by Crippen LogP contribution is -2.29. The predicted molar refractivity (Wildman–Crippen MR) is 92.6 cm³/mol. The molecule has 0 spiro atoms. The van der Waals surface area contributed by atoms with Crippen molar-refractivity contribution in [3.63, 3.8) is 0 Å². The van der Waals surface area contributed by atoms with Gasteiger partial charge in [0.25, 0.3) is 0 Å². The quantitative estimate of drug-likeness (QED) is 0.743. The van der Waals surface area contributed by atoms with Crippen LogP contribution in [0, 0.1) is 6.92 Å². The summed E-state index contributed by atoms with van der Waals surface area (Å²) in [6.45, 7) is 3.61. The van der Waals surface area contributed by atoms with E-state index in [1.165, 1.54) is 19.2 Å². The van der Waals surface area contributed by atoms with Gasteiger partial charge in [0.15, 0.2) is 0 Å². The van der Waals surface area contributed by atoms with Gasteiger partial charge in [-0.3, -0.25) is 0 Å². The molecule has 136 valence electrons. The van der Waals surface area contributed by atoms with Crippen LogP contribution in [-0.4, -0.2) is 14.7 Å². The second-order valence-corrected chi connectivity index (χ2v) is 6.46. The molecule has 3 nitrogen and oxygen atoms in total. The standard InChI is InChI=1S/C20H19F3N2O/c1-14-8-9-16(20(21,22)23)12-17(14)19(2,26)18-24-10-11-25(18)13-15-6-4-3-5-7-15/h3-12,26H,13H2,1-2H3. The monoisotopic (exact) mass is 360 g/mol. The van der Waals surface area contributed by atoms with Gasteiger partial charge in [0.1, 0.15) is 11.4 Å². The van der Waals surface area contributed by atoms with Gasteiger partial charge in [0.05, 0.1) is 5.56 Å². The van der Waals surface area contributed by atoms with Crippen LogP contribution in [0.1, 0.15) is 35.0 Å². The fraction of sp³-hybridized carbons (Fsp3) is 0.250. The van der Waals surface area contributed by atoms with Gasteiger partial charge >= 0.3 is 6.18 Å². The van der Waals surface area contributed by atoms with Gasteiger partial charge in [-0.05, 0) is 42.7 Å². The predicted octanol–water partition coefficient (Wildman–Crippen LogP) is 4.51. The van der Waals surface area contributed by atoms with Gasteiger partial charge in [0, 0.05) is 18.9 Å². The van der Waals surface area contributed by atoms with E-state index in [0.717, 1.165) is 17.7 Å². The number of halogens is 3. The molecule has 0 aliphatic heterocycles. The van der Waals surface area contributed by atoms with Crippen LogP contribution in [0.15, 0.2) is 60.9 Å². The molecule has 3 rings (SSSR count). The summed E-state index contributed by atoms with van der Waals surface area (Å²) in [5, 5.41) is 11.1. The summed E-state index contributed by atoms with van der Waals surface area (Å²) in [7, 11) is 0. The van der Waals surface area contributed by atoms with Gasteiger partial charge < -0.3 is 9.67 Å². The molecule has 1 aromatic heterocycles. The van der Waals surface area contributed by atoms with E-state index in [2.05, 4.69) is 4.98 Å². The number of nitrogens with zero attached hydrogens (tertiary/aromatic N) is 2. The van der Waals surface area contributed by atoms with Gasteiger partial charge in [0.2, 0.25) is 0 Å². The second-order valence-electron chi connectivity index (χ2n) is 6.46. The first-order valence-corrected chi connectivity index (χ1v) is 8.16. The molecule has 0 amide bonds. The Hall–Kier alpha value is -2.60. The first-order chi connectivity index (χ1) is 12.2. The largest absolute Gasteiger partial charge is 0.416 e. The molecule has 0 bridgehead atoms. The van der Waals surface area contributed by atoms with Crippen LogP contribution in [0.3, 0.4) is 0 Å². The Morgan fingerprint density at radius 1 is 1.08 bits per heavy atom. The third-order valence-corrected chi connectivity index (χ3v) is 4.44. The molecule has 0 radical (unpaired) electrons. The lowest BCUT2D eigenvalue weighted by Gasteiger charge is -2.27. The maximum Gasteiger partial charge on any atom is 0.416 e. The minimum absolute atomic E-state index is 0.188. The van der Waals surface area contributed by atoms with Gasteiger partial charge in [-0.2, -0.15) is 13.2 Å². The molecular weight excluding hydrogens is 341 g/mol. The fourth-order valence-electron chi connectivity index (χ4n) is 3.09. The molecule has 3 aromatic rings. The summed E-state index contributed by atoms with van der Waals surface area (Å²) in [5.74, 6) is 0.295. The average Bonchev–Trinajstić information content (AvgIpc) is 3.04. The zero-order chi connectivity index (χ0) is 18.9. The van der Waals surface area contributed by atoms with E-state index in [-0.39, 0.29) is 5.56 Å². The molecule has 0 aliphatic carbocycles. The Bertz CT molecular complexity index is 899. The molecule has 0 saturated carbocycles. The van der Waals surface area contributed by atoms with Gasteiger partial charge in [-0.1, -0.05) is 36.4 Å². The maximum absolute atomic E-state index is 13.1. The van der Waals surface area contributed by atoms with Crippen molar-refractivity contribution in [3.05, 3.63) is 89.0 Å². The smallest absolute Gasteiger partial charge is 0.377 e. The van der Waals surface area contributed by atoms with Gasteiger partial charge in [-0.15, -0.1) is 0 Å². The van der Waals surface area contributed by atoms with Crippen molar-refractivity contribution < 1.29 is 18.3 Å². The molecular formula is C20H19F3N2O. The number of benzene rings is 2. The first kappa shape index (κ1) is 18.2. The highest BCUT2D eigenvalue weighted by Crippen LogP contribution is 2.36. The van der Waals surface area contributed by atoms with E-state index in [9.17, 15) is 18.3 Å². The fourth-order valence-corrected chi connectivity index (χ4v) is 3.09. The molecule has 0 aliphatic rings. The Labute approximate surface area is 149 Å². The highest BCUT2D eigenvalue weighted by Gasteiger charge is 2.36. The van der Waals surface area contributed by atoms with E-state index in [1.807, 2.05) is 30.3 Å². The van der Waals surface area contributed by atoms with Crippen LogP contribution < -0.4 is 0 Å². The number of aromatic nitrogens is 2. The molecule has 6 heteroatoms. The summed E-state index contributed by atoms with van der Waals surface area (Å²) < 4.78 is 41.0. The van der Waals surface area contributed by atoms with Crippen molar-refractivity contribution in [1.29, 1.82) is 0 Å². The number of hydrogen-bond acceptors (Lipinski definition) is 2. The van der Waals surface area contributed by atoms with E-state index in [0.29, 0.717) is 17.9 Å². The number of alkyl halides is 3. The molecule has 2 aromatic carbocycles. The number of hydrogen-bond donors (Lipinski definition) is 1. The SMILES string of the molecule is Cc1ccc(C(F)(F)F)cc1C(C)(O)c1nccn1Cc1ccccc1. The van der Waals surface area contributed by atoms with E-state index in [4.69, 9.17) is 0 Å². The summed E-state index contributed by atoms with van der Waals surface area (Å²) in [5.41, 5.74) is -0.697. The number of imidazole rings is 1. The van der Waals surface area contributed by atoms with E-state index in [1.54, 1.807) is 17.7 Å². The molecule has 1 N–H and O–H groups in total. The highest BCUT2D eigenvalue weighted by molar-refractivity contribution is 5.40. The number of aryl methyl sites for hydroxylation is 1. The lowest BCUT2D eigenvalue weighted by atomic mass is 9.89. The molecule has 1 heterocycles. The summed E-state index contributed by atoms with van der Waals surface area (Å²) in [6.07, 6.45) is -1.23. The van der Waals surface area contributed by atoms with E-state index < -0.39 is 17.3 Å². The topological polar surface area (TPSA) is 38.1 Å². The lowest BCUT2D eigenvalue weighted by molar-refractivity contribution is -0.137. The summed E-state index contributed by atoms with van der Waals surface area (Å²) in [4.78, 5) is 4.23. The zero-order valence-corrected chi connectivity index (χ0v) is 14.5. The van der Waals surface area contributed by atoms with Crippen LogP contribution >= 0.6 is 0 Å². The Kier molecular flexibility index (Phi) is 4.63. The van der Waals surface area contributed by atoms with Crippen LogP contribution in [0.4, 0.5) is 13.2 Å². The van der Waals surface area contributed by atoms with Crippen LogP contribution in [0.5, 0.6) is 0 Å². The molecule has 1 atom stereocenters. The summed E-state index contributed by atoms with van der Waals surface area (Å²) in [6, 6.07) is 13.0. The third kappa shape index (κ3) is 3.51. The molecule has 1 unspecified atom stereocenters. The Morgan fingerprint density at radius 3 is 2.42 bits per heavy atom. The molecule has 0 saturated heterocycles. The summed E-state index contributed by atoms with van der Waals surface area (Å²) >= 11 is 0. The van der Waals surface area contributed by atoms with Gasteiger partial charge in [-0.25, -0.2) is 4.98 Å². The normalized spacial score (nSPS) is 14.2. The van der Waals surface area contributed by atoms with Crippen molar-refractivity contribution in [2.75, 3.05) is 0 Å². The van der Waals surface area contributed by atoms with Crippen LogP contribution in [0.2, 0.25) is 0 Å². The Balaban J connectivity index is 2.03. The van der Waals surface area contributed by atoms with Crippen LogP contribution in [0.25, 0.3) is 0 Å². The molecule has 0 fully saturated rings. The van der Waals surface area contributed by atoms with Crippen molar-refractivity contribution >= 4 is 0 Å².